The van der Waals surface area contributed by atoms with Gasteiger partial charge in [-0.15, -0.1) is 6.58 Å². The third kappa shape index (κ3) is 5.29. The molecule has 2 fully saturated rings. The fourth-order valence-corrected chi connectivity index (χ4v) is 5.81. The summed E-state index contributed by atoms with van der Waals surface area (Å²) in [7, 11) is 3.29. The normalized spacial score (nSPS) is 26.7. The Morgan fingerprint density at radius 3 is 2.66 bits per heavy atom. The molecule has 1 heterocycles. The minimum atomic E-state index is -0.891. The molecule has 6 heteroatoms. The standard InChI is InChI=1S/C29H36N2O4/c1-4-16-31-17-15-28(23-8-6-10-26(19-23)35-3)20-24(13-14-29(28,33)21-31)30-27(32)12-11-22-7-5-9-25(18-22)34-2/h4-12,18-19,24,33H,1,13-17,20-21H2,2-3H3,(H,30,32). The molecule has 3 atom stereocenters. The van der Waals surface area contributed by atoms with Crippen LogP contribution in [0, 0.1) is 0 Å². The highest BCUT2D eigenvalue weighted by molar-refractivity contribution is 5.92. The molecule has 0 aromatic heterocycles. The van der Waals surface area contributed by atoms with Gasteiger partial charge in [0.15, 0.2) is 0 Å². The Hall–Kier alpha value is -3.09. The highest BCUT2D eigenvalue weighted by atomic mass is 16.5. The SMILES string of the molecule is C=CCN1CCC2(c3cccc(OC)c3)CC(NC(=O)C=Cc3cccc(OC)c3)CCC2(O)C1. The summed E-state index contributed by atoms with van der Waals surface area (Å²) in [4.78, 5) is 15.1. The number of carbonyl (C=O) groups is 1. The van der Waals surface area contributed by atoms with Crippen LogP contribution in [0.4, 0.5) is 0 Å². The number of methoxy groups -OCH3 is 2. The molecule has 2 aromatic rings. The lowest BCUT2D eigenvalue weighted by molar-refractivity contribution is -0.130. The monoisotopic (exact) mass is 476 g/mol. The van der Waals surface area contributed by atoms with E-state index < -0.39 is 11.0 Å². The second-order valence-corrected chi connectivity index (χ2v) is 9.68. The molecule has 0 radical (unpaired) electrons. The van der Waals surface area contributed by atoms with Crippen molar-refractivity contribution in [3.05, 3.63) is 78.4 Å². The first kappa shape index (κ1) is 25.0. The number of aliphatic hydroxyl groups is 1. The molecular weight excluding hydrogens is 440 g/mol. The zero-order valence-corrected chi connectivity index (χ0v) is 20.7. The van der Waals surface area contributed by atoms with Crippen LogP contribution in [0.25, 0.3) is 6.08 Å². The average molecular weight is 477 g/mol. The van der Waals surface area contributed by atoms with Gasteiger partial charge in [0.05, 0.1) is 19.8 Å². The molecule has 2 aliphatic rings. The van der Waals surface area contributed by atoms with E-state index in [9.17, 15) is 9.90 Å². The molecule has 1 amide bonds. The summed E-state index contributed by atoms with van der Waals surface area (Å²) in [5.74, 6) is 1.40. The number of hydrogen-bond donors (Lipinski definition) is 2. The first-order valence-electron chi connectivity index (χ1n) is 12.2. The molecular formula is C29H36N2O4. The number of rotatable bonds is 8. The molecule has 6 nitrogen and oxygen atoms in total. The second-order valence-electron chi connectivity index (χ2n) is 9.68. The number of ether oxygens (including phenoxy) is 2. The van der Waals surface area contributed by atoms with E-state index in [-0.39, 0.29) is 11.9 Å². The number of nitrogens with one attached hydrogen (secondary N) is 1. The molecule has 1 saturated heterocycles. The van der Waals surface area contributed by atoms with Gasteiger partial charge in [-0.3, -0.25) is 9.69 Å². The van der Waals surface area contributed by atoms with E-state index in [2.05, 4.69) is 22.9 Å². The summed E-state index contributed by atoms with van der Waals surface area (Å²) in [6.07, 6.45) is 8.07. The number of nitrogens with zero attached hydrogens (tertiary/aromatic N) is 1. The van der Waals surface area contributed by atoms with E-state index in [1.54, 1.807) is 26.4 Å². The Morgan fingerprint density at radius 2 is 1.91 bits per heavy atom. The van der Waals surface area contributed by atoms with Crippen LogP contribution in [0.3, 0.4) is 0 Å². The number of piperidine rings is 1. The van der Waals surface area contributed by atoms with Crippen LogP contribution in [0.2, 0.25) is 0 Å². The predicted molar refractivity (Wildman–Crippen MR) is 139 cm³/mol. The Morgan fingerprint density at radius 1 is 1.17 bits per heavy atom. The van der Waals surface area contributed by atoms with Crippen LogP contribution in [0.5, 0.6) is 11.5 Å². The minimum absolute atomic E-state index is 0.0325. The van der Waals surface area contributed by atoms with E-state index in [0.29, 0.717) is 19.4 Å². The zero-order chi connectivity index (χ0) is 24.9. The van der Waals surface area contributed by atoms with E-state index in [4.69, 9.17) is 9.47 Å². The van der Waals surface area contributed by atoms with Crippen molar-refractivity contribution in [2.45, 2.75) is 42.7 Å². The lowest BCUT2D eigenvalue weighted by atomic mass is 9.55. The van der Waals surface area contributed by atoms with Gasteiger partial charge in [-0.2, -0.15) is 0 Å². The molecule has 3 unspecified atom stereocenters. The maximum Gasteiger partial charge on any atom is 0.244 e. The average Bonchev–Trinajstić information content (AvgIpc) is 2.88. The number of likely N-dealkylation sites (tertiary alicyclic amines) is 1. The molecule has 1 aliphatic heterocycles. The quantitative estimate of drug-likeness (QED) is 0.446. The maximum absolute atomic E-state index is 12.8. The van der Waals surface area contributed by atoms with Crippen molar-refractivity contribution in [1.29, 1.82) is 0 Å². The number of carbonyl (C=O) groups excluding carboxylic acids is 1. The largest absolute Gasteiger partial charge is 0.497 e. The molecule has 2 N–H and O–H groups in total. The Balaban J connectivity index is 1.55. The Kier molecular flexibility index (Phi) is 7.63. The molecule has 186 valence electrons. The molecule has 35 heavy (non-hydrogen) atoms. The highest BCUT2D eigenvalue weighted by Crippen LogP contribution is 2.52. The third-order valence-corrected chi connectivity index (χ3v) is 7.61. The Bertz CT molecular complexity index is 1080. The van der Waals surface area contributed by atoms with E-state index >= 15 is 0 Å². The molecule has 1 aliphatic carbocycles. The van der Waals surface area contributed by atoms with Crippen molar-refractivity contribution in [2.75, 3.05) is 33.9 Å². The molecule has 1 saturated carbocycles. The van der Waals surface area contributed by atoms with Crippen LogP contribution in [-0.2, 0) is 10.2 Å². The van der Waals surface area contributed by atoms with Gasteiger partial charge in [-0.25, -0.2) is 0 Å². The molecule has 2 aromatic carbocycles. The van der Waals surface area contributed by atoms with Crippen molar-refractivity contribution in [3.63, 3.8) is 0 Å². The van der Waals surface area contributed by atoms with Gasteiger partial charge >= 0.3 is 0 Å². The first-order chi connectivity index (χ1) is 16.9. The maximum atomic E-state index is 12.8. The van der Waals surface area contributed by atoms with Gasteiger partial charge in [0, 0.05) is 30.6 Å². The summed E-state index contributed by atoms with van der Waals surface area (Å²) < 4.78 is 10.8. The minimum Gasteiger partial charge on any atom is -0.497 e. The summed E-state index contributed by atoms with van der Waals surface area (Å²) in [5, 5.41) is 15.3. The van der Waals surface area contributed by atoms with Crippen LogP contribution in [0.15, 0.2) is 67.3 Å². The predicted octanol–water partition coefficient (Wildman–Crippen LogP) is 3.95. The highest BCUT2D eigenvalue weighted by Gasteiger charge is 2.57. The van der Waals surface area contributed by atoms with Crippen molar-refractivity contribution >= 4 is 12.0 Å². The number of benzene rings is 2. The van der Waals surface area contributed by atoms with E-state index in [0.717, 1.165) is 48.6 Å². The van der Waals surface area contributed by atoms with Crippen LogP contribution < -0.4 is 14.8 Å². The number of fused-ring (bicyclic) bond motifs is 1. The summed E-state index contributed by atoms with van der Waals surface area (Å²) in [6.45, 7) is 6.08. The van der Waals surface area contributed by atoms with Gasteiger partial charge in [-0.05, 0) is 73.7 Å². The van der Waals surface area contributed by atoms with Crippen molar-refractivity contribution < 1.29 is 19.4 Å². The van der Waals surface area contributed by atoms with E-state index in [1.165, 1.54) is 0 Å². The van der Waals surface area contributed by atoms with Gasteiger partial charge in [-0.1, -0.05) is 30.3 Å². The fourth-order valence-electron chi connectivity index (χ4n) is 5.81. The first-order valence-corrected chi connectivity index (χ1v) is 12.2. The topological polar surface area (TPSA) is 71.0 Å². The van der Waals surface area contributed by atoms with E-state index in [1.807, 2.05) is 48.5 Å². The van der Waals surface area contributed by atoms with Gasteiger partial charge in [0.1, 0.15) is 11.5 Å². The third-order valence-electron chi connectivity index (χ3n) is 7.61. The lowest BCUT2D eigenvalue weighted by Crippen LogP contribution is -2.67. The van der Waals surface area contributed by atoms with Crippen LogP contribution in [-0.4, -0.2) is 61.4 Å². The summed E-state index contributed by atoms with van der Waals surface area (Å²) in [6, 6.07) is 15.6. The Labute approximate surface area is 208 Å². The van der Waals surface area contributed by atoms with Crippen molar-refractivity contribution in [2.24, 2.45) is 0 Å². The summed E-state index contributed by atoms with van der Waals surface area (Å²) in [5.41, 5.74) is 0.618. The lowest BCUT2D eigenvalue weighted by Gasteiger charge is -2.58. The van der Waals surface area contributed by atoms with Crippen LogP contribution >= 0.6 is 0 Å². The van der Waals surface area contributed by atoms with Crippen molar-refractivity contribution in [3.8, 4) is 11.5 Å². The number of β-amino-alcohol motifs (C(OH)–C–C–N with tert-alkyl or cyclic N) is 1. The van der Waals surface area contributed by atoms with Crippen molar-refractivity contribution in [1.82, 2.24) is 10.2 Å². The molecule has 0 spiro atoms. The van der Waals surface area contributed by atoms with Gasteiger partial charge in [0.2, 0.25) is 5.91 Å². The van der Waals surface area contributed by atoms with Gasteiger partial charge < -0.3 is 19.9 Å². The van der Waals surface area contributed by atoms with Crippen LogP contribution in [0.1, 0.15) is 36.8 Å². The fraction of sp³-hybridized carbons (Fsp3) is 0.414. The molecule has 0 bridgehead atoms. The summed E-state index contributed by atoms with van der Waals surface area (Å²) >= 11 is 0. The smallest absolute Gasteiger partial charge is 0.244 e. The number of hydrogen-bond acceptors (Lipinski definition) is 5. The zero-order valence-electron chi connectivity index (χ0n) is 20.7. The van der Waals surface area contributed by atoms with Gasteiger partial charge in [0.25, 0.3) is 0 Å². The number of amides is 1. The second kappa shape index (κ2) is 10.7. The molecule has 4 rings (SSSR count).